The van der Waals surface area contributed by atoms with E-state index >= 15 is 0 Å². The number of anilines is 2. The van der Waals surface area contributed by atoms with E-state index in [0.717, 1.165) is 5.69 Å². The van der Waals surface area contributed by atoms with Crippen molar-refractivity contribution in [2.45, 2.75) is 6.92 Å². The van der Waals surface area contributed by atoms with Crippen LogP contribution in [-0.2, 0) is 0 Å². The van der Waals surface area contributed by atoms with Crippen LogP contribution < -0.4 is 11.1 Å². The molecule has 5 nitrogen and oxygen atoms in total. The number of nitrogens with one attached hydrogen (secondary N) is 1. The second kappa shape index (κ2) is 5.59. The van der Waals surface area contributed by atoms with E-state index in [1.54, 1.807) is 25.1 Å². The van der Waals surface area contributed by atoms with Crippen LogP contribution in [0.3, 0.4) is 0 Å². The van der Waals surface area contributed by atoms with Crippen LogP contribution in [0.1, 0.15) is 21.6 Å². The monoisotopic (exact) mass is 286 g/mol. The zero-order valence-corrected chi connectivity index (χ0v) is 11.4. The zero-order valence-electron chi connectivity index (χ0n) is 10.6. The van der Waals surface area contributed by atoms with Crippen molar-refractivity contribution in [3.63, 3.8) is 0 Å². The Morgan fingerprint density at radius 1 is 1.45 bits per heavy atom. The first-order valence-corrected chi connectivity index (χ1v) is 6.12. The molecule has 0 fully saturated rings. The summed E-state index contributed by atoms with van der Waals surface area (Å²) in [6.45, 7) is 1.78. The number of benzene rings is 1. The van der Waals surface area contributed by atoms with E-state index in [9.17, 15) is 4.79 Å². The molecule has 100 valence electrons. The molecule has 0 radical (unpaired) electrons. The molecule has 1 aromatic carbocycles. The van der Waals surface area contributed by atoms with Crippen LogP contribution in [0.25, 0.3) is 0 Å². The Morgan fingerprint density at radius 2 is 2.20 bits per heavy atom. The molecule has 0 bridgehead atoms. The third kappa shape index (κ3) is 2.87. The van der Waals surface area contributed by atoms with Crippen molar-refractivity contribution in [1.82, 2.24) is 4.98 Å². The Labute approximate surface area is 121 Å². The van der Waals surface area contributed by atoms with Gasteiger partial charge in [0.25, 0.3) is 5.91 Å². The molecule has 2 aromatic rings. The Balaban J connectivity index is 2.30. The van der Waals surface area contributed by atoms with Crippen LogP contribution in [0, 0.1) is 18.3 Å². The summed E-state index contributed by atoms with van der Waals surface area (Å²) in [5.74, 6) is -0.424. The highest BCUT2D eigenvalue weighted by molar-refractivity contribution is 6.34. The molecule has 0 unspecified atom stereocenters. The summed E-state index contributed by atoms with van der Waals surface area (Å²) in [4.78, 5) is 16.2. The molecule has 2 rings (SSSR count). The molecule has 0 spiro atoms. The van der Waals surface area contributed by atoms with Crippen molar-refractivity contribution >= 4 is 28.9 Å². The largest absolute Gasteiger partial charge is 0.398 e. The predicted molar refractivity (Wildman–Crippen MR) is 77.5 cm³/mol. The minimum absolute atomic E-state index is 0.258. The molecule has 1 heterocycles. The van der Waals surface area contributed by atoms with Crippen molar-refractivity contribution in [2.24, 2.45) is 0 Å². The molecule has 0 aliphatic rings. The maximum Gasteiger partial charge on any atom is 0.259 e. The fraction of sp³-hybridized carbons (Fsp3) is 0.0714. The number of halogens is 1. The van der Waals surface area contributed by atoms with Gasteiger partial charge in [0.05, 0.1) is 27.9 Å². The lowest BCUT2D eigenvalue weighted by Crippen LogP contribution is -2.15. The number of nitrogens with zero attached hydrogens (tertiary/aromatic N) is 2. The number of nitrogen functional groups attached to an aromatic ring is 1. The molecule has 1 aromatic heterocycles. The maximum atomic E-state index is 12.1. The van der Waals surface area contributed by atoms with Crippen LogP contribution in [-0.4, -0.2) is 10.9 Å². The quantitative estimate of drug-likeness (QED) is 0.888. The number of hydrogen-bond donors (Lipinski definition) is 2. The second-order valence-electron chi connectivity index (χ2n) is 4.17. The highest BCUT2D eigenvalue weighted by Gasteiger charge is 2.12. The number of amides is 1. The summed E-state index contributed by atoms with van der Waals surface area (Å²) >= 11 is 5.98. The first-order valence-electron chi connectivity index (χ1n) is 5.74. The fourth-order valence-corrected chi connectivity index (χ4v) is 1.82. The van der Waals surface area contributed by atoms with Crippen molar-refractivity contribution in [2.75, 3.05) is 11.1 Å². The zero-order chi connectivity index (χ0) is 14.7. The minimum Gasteiger partial charge on any atom is -0.398 e. The number of nitrogens with two attached hydrogens (primary N) is 1. The molecule has 0 aliphatic carbocycles. The highest BCUT2D eigenvalue weighted by Crippen LogP contribution is 2.24. The van der Waals surface area contributed by atoms with Crippen molar-refractivity contribution in [1.29, 1.82) is 5.26 Å². The molecule has 0 atom stereocenters. The average Bonchev–Trinajstić information content (AvgIpc) is 2.41. The fourth-order valence-electron chi connectivity index (χ4n) is 1.65. The van der Waals surface area contributed by atoms with Crippen LogP contribution in [0.4, 0.5) is 11.4 Å². The van der Waals surface area contributed by atoms with Gasteiger partial charge in [-0.2, -0.15) is 5.26 Å². The molecular weight excluding hydrogens is 276 g/mol. The van der Waals surface area contributed by atoms with Gasteiger partial charge in [-0.25, -0.2) is 0 Å². The number of hydrogen-bond acceptors (Lipinski definition) is 4. The summed E-state index contributed by atoms with van der Waals surface area (Å²) in [7, 11) is 0. The normalized spacial score (nSPS) is 9.85. The molecule has 0 aliphatic heterocycles. The Kier molecular flexibility index (Phi) is 3.87. The molecular formula is C14H11ClN4O. The second-order valence-corrected chi connectivity index (χ2v) is 4.58. The van der Waals surface area contributed by atoms with Crippen LogP contribution in [0.15, 0.2) is 30.5 Å². The van der Waals surface area contributed by atoms with Gasteiger partial charge in [0.15, 0.2) is 0 Å². The van der Waals surface area contributed by atoms with E-state index in [2.05, 4.69) is 10.3 Å². The lowest BCUT2D eigenvalue weighted by molar-refractivity contribution is 0.102. The van der Waals surface area contributed by atoms with Gasteiger partial charge >= 0.3 is 0 Å². The smallest absolute Gasteiger partial charge is 0.259 e. The molecule has 6 heteroatoms. The molecule has 0 saturated carbocycles. The number of carbonyl (C=O) groups is 1. The number of nitriles is 1. The number of carbonyl (C=O) groups excluding carboxylic acids is 1. The molecule has 20 heavy (non-hydrogen) atoms. The highest BCUT2D eigenvalue weighted by atomic mass is 35.5. The van der Waals surface area contributed by atoms with E-state index in [0.29, 0.717) is 22.0 Å². The first kappa shape index (κ1) is 13.8. The van der Waals surface area contributed by atoms with Gasteiger partial charge in [-0.05, 0) is 31.2 Å². The van der Waals surface area contributed by atoms with Crippen molar-refractivity contribution in [3.05, 3.63) is 52.3 Å². The Morgan fingerprint density at radius 3 is 2.85 bits per heavy atom. The predicted octanol–water partition coefficient (Wildman–Crippen LogP) is 2.75. The number of aromatic nitrogens is 1. The Hall–Kier alpha value is -2.58. The van der Waals surface area contributed by atoms with Crippen molar-refractivity contribution < 1.29 is 4.79 Å². The van der Waals surface area contributed by atoms with Gasteiger partial charge in [0, 0.05) is 17.6 Å². The van der Waals surface area contributed by atoms with Crippen LogP contribution >= 0.6 is 11.6 Å². The summed E-state index contributed by atoms with van der Waals surface area (Å²) in [5, 5.41) is 11.8. The summed E-state index contributed by atoms with van der Waals surface area (Å²) in [6.07, 6.45) is 1.40. The third-order valence-corrected chi connectivity index (χ3v) is 2.99. The van der Waals surface area contributed by atoms with Gasteiger partial charge in [-0.1, -0.05) is 11.6 Å². The standard InChI is InChI=1S/C14H11ClN4O/c1-8-4-12(17)10(7-18-8)14(20)19-13-5-9(6-16)2-3-11(13)15/h2-5,7H,1H3,(H2,17,18)(H,19,20). The van der Waals surface area contributed by atoms with E-state index in [1.165, 1.54) is 12.3 Å². The third-order valence-electron chi connectivity index (χ3n) is 2.66. The van der Waals surface area contributed by atoms with E-state index in [-0.39, 0.29) is 5.56 Å². The van der Waals surface area contributed by atoms with Crippen LogP contribution in [0.2, 0.25) is 5.02 Å². The number of pyridine rings is 1. The Bertz CT molecular complexity index is 722. The van der Waals surface area contributed by atoms with Gasteiger partial charge in [-0.15, -0.1) is 0 Å². The summed E-state index contributed by atoms with van der Waals surface area (Å²) < 4.78 is 0. The summed E-state index contributed by atoms with van der Waals surface area (Å²) in [6, 6.07) is 8.21. The van der Waals surface area contributed by atoms with Crippen molar-refractivity contribution in [3.8, 4) is 6.07 Å². The number of aryl methyl sites for hydroxylation is 1. The van der Waals surface area contributed by atoms with Gasteiger partial charge < -0.3 is 11.1 Å². The minimum atomic E-state index is -0.424. The molecule has 1 amide bonds. The molecule has 0 saturated heterocycles. The summed E-state index contributed by atoms with van der Waals surface area (Å²) in [5.41, 5.74) is 7.86. The first-order chi connectivity index (χ1) is 9.51. The lowest BCUT2D eigenvalue weighted by atomic mass is 10.2. The SMILES string of the molecule is Cc1cc(N)c(C(=O)Nc2cc(C#N)ccc2Cl)cn1. The van der Waals surface area contributed by atoms with E-state index < -0.39 is 5.91 Å². The van der Waals surface area contributed by atoms with E-state index in [1.807, 2.05) is 6.07 Å². The van der Waals surface area contributed by atoms with E-state index in [4.69, 9.17) is 22.6 Å². The number of rotatable bonds is 2. The van der Waals surface area contributed by atoms with Gasteiger partial charge in [0.2, 0.25) is 0 Å². The van der Waals surface area contributed by atoms with Crippen LogP contribution in [0.5, 0.6) is 0 Å². The van der Waals surface area contributed by atoms with Gasteiger partial charge in [-0.3, -0.25) is 9.78 Å². The maximum absolute atomic E-state index is 12.1. The van der Waals surface area contributed by atoms with Gasteiger partial charge in [0.1, 0.15) is 0 Å². The topological polar surface area (TPSA) is 91.8 Å². The molecule has 3 N–H and O–H groups in total. The average molecular weight is 287 g/mol. The lowest BCUT2D eigenvalue weighted by Gasteiger charge is -2.09.